The van der Waals surface area contributed by atoms with Gasteiger partial charge in [-0.2, -0.15) is 0 Å². The van der Waals surface area contributed by atoms with E-state index in [4.69, 9.17) is 9.84 Å². The van der Waals surface area contributed by atoms with E-state index in [-0.39, 0.29) is 6.10 Å². The second-order valence-electron chi connectivity index (χ2n) is 4.27. The van der Waals surface area contributed by atoms with Gasteiger partial charge in [-0.25, -0.2) is 0 Å². The van der Waals surface area contributed by atoms with Crippen LogP contribution in [-0.4, -0.2) is 49.0 Å². The van der Waals surface area contributed by atoms with Gasteiger partial charge in [0.2, 0.25) is 0 Å². The van der Waals surface area contributed by atoms with Crippen LogP contribution in [0.3, 0.4) is 0 Å². The van der Waals surface area contributed by atoms with Crippen LogP contribution in [0, 0.1) is 0 Å². The lowest BCUT2D eigenvalue weighted by Gasteiger charge is -2.31. The number of methoxy groups -OCH3 is 1. The highest BCUT2D eigenvalue weighted by Crippen LogP contribution is 2.13. The van der Waals surface area contributed by atoms with Crippen molar-refractivity contribution in [3.05, 3.63) is 0 Å². The first-order chi connectivity index (χ1) is 6.72. The first-order valence-corrected chi connectivity index (χ1v) is 5.65. The summed E-state index contributed by atoms with van der Waals surface area (Å²) in [7, 11) is 1.80. The highest BCUT2D eigenvalue weighted by molar-refractivity contribution is 4.72. The van der Waals surface area contributed by atoms with Crippen molar-refractivity contribution in [3.63, 3.8) is 0 Å². The lowest BCUT2D eigenvalue weighted by atomic mass is 10.1. The Morgan fingerprint density at radius 1 is 1.43 bits per heavy atom. The number of likely N-dealkylation sites (tertiary alicyclic amines) is 1. The SMILES string of the molecule is COC1CCN(CCCC(C)O)CC1. The molecule has 3 nitrogen and oxygen atoms in total. The number of ether oxygens (including phenoxy) is 1. The minimum absolute atomic E-state index is 0.147. The Morgan fingerprint density at radius 2 is 2.07 bits per heavy atom. The molecule has 0 aromatic carbocycles. The summed E-state index contributed by atoms with van der Waals surface area (Å²) >= 11 is 0. The van der Waals surface area contributed by atoms with Gasteiger partial charge in [-0.3, -0.25) is 0 Å². The summed E-state index contributed by atoms with van der Waals surface area (Å²) in [5.74, 6) is 0. The Bertz CT molecular complexity index is 142. The number of nitrogens with zero attached hydrogens (tertiary/aromatic N) is 1. The summed E-state index contributed by atoms with van der Waals surface area (Å²) in [5, 5.41) is 9.12. The number of hydrogen-bond donors (Lipinski definition) is 1. The molecule has 0 aliphatic carbocycles. The molecule has 1 aliphatic rings. The van der Waals surface area contributed by atoms with E-state index in [1.807, 2.05) is 6.92 Å². The molecule has 1 atom stereocenters. The van der Waals surface area contributed by atoms with Crippen molar-refractivity contribution in [3.8, 4) is 0 Å². The molecular formula is C11H23NO2. The lowest BCUT2D eigenvalue weighted by Crippen LogP contribution is -2.37. The van der Waals surface area contributed by atoms with Crippen molar-refractivity contribution < 1.29 is 9.84 Å². The fourth-order valence-corrected chi connectivity index (χ4v) is 1.98. The maximum atomic E-state index is 9.12. The Balaban J connectivity index is 2.04. The normalized spacial score (nSPS) is 22.5. The quantitative estimate of drug-likeness (QED) is 0.727. The molecule has 0 spiro atoms. The van der Waals surface area contributed by atoms with E-state index < -0.39 is 0 Å². The summed E-state index contributed by atoms with van der Waals surface area (Å²) in [6.07, 6.45) is 4.67. The van der Waals surface area contributed by atoms with Gasteiger partial charge >= 0.3 is 0 Å². The molecule has 1 rings (SSSR count). The highest BCUT2D eigenvalue weighted by atomic mass is 16.5. The number of aliphatic hydroxyl groups excluding tert-OH is 1. The molecule has 1 unspecified atom stereocenters. The minimum atomic E-state index is -0.147. The maximum absolute atomic E-state index is 9.12. The van der Waals surface area contributed by atoms with Crippen LogP contribution in [0.5, 0.6) is 0 Å². The highest BCUT2D eigenvalue weighted by Gasteiger charge is 2.17. The predicted octanol–water partition coefficient (Wildman–Crippen LogP) is 1.26. The molecule has 0 aromatic rings. The molecule has 84 valence electrons. The standard InChI is InChI=1S/C11H23NO2/c1-10(13)4-3-7-12-8-5-11(14-2)6-9-12/h10-11,13H,3-9H2,1-2H3. The zero-order chi connectivity index (χ0) is 10.4. The van der Waals surface area contributed by atoms with E-state index in [1.54, 1.807) is 7.11 Å². The third-order valence-electron chi connectivity index (χ3n) is 2.96. The summed E-state index contributed by atoms with van der Waals surface area (Å²) in [6, 6.07) is 0. The molecule has 1 fully saturated rings. The average Bonchev–Trinajstić information content (AvgIpc) is 2.18. The van der Waals surface area contributed by atoms with Crippen LogP contribution in [0.4, 0.5) is 0 Å². The molecule has 1 aliphatic heterocycles. The van der Waals surface area contributed by atoms with E-state index in [1.165, 1.54) is 0 Å². The average molecular weight is 201 g/mol. The van der Waals surface area contributed by atoms with Crippen LogP contribution in [0.15, 0.2) is 0 Å². The van der Waals surface area contributed by atoms with Crippen molar-refractivity contribution in [1.29, 1.82) is 0 Å². The van der Waals surface area contributed by atoms with Crippen molar-refractivity contribution in [2.45, 2.75) is 44.8 Å². The van der Waals surface area contributed by atoms with Gasteiger partial charge < -0.3 is 14.7 Å². The number of aliphatic hydroxyl groups is 1. The van der Waals surface area contributed by atoms with Crippen LogP contribution in [-0.2, 0) is 4.74 Å². The molecule has 0 bridgehead atoms. The topological polar surface area (TPSA) is 32.7 Å². The second-order valence-corrected chi connectivity index (χ2v) is 4.27. The summed E-state index contributed by atoms with van der Waals surface area (Å²) in [4.78, 5) is 2.47. The van der Waals surface area contributed by atoms with Crippen LogP contribution in [0.25, 0.3) is 0 Å². The first kappa shape index (κ1) is 12.0. The molecule has 3 heteroatoms. The molecule has 1 heterocycles. The Labute approximate surface area is 87.1 Å². The van der Waals surface area contributed by atoms with E-state index in [0.717, 1.165) is 45.3 Å². The van der Waals surface area contributed by atoms with E-state index in [2.05, 4.69) is 4.90 Å². The third-order valence-corrected chi connectivity index (χ3v) is 2.96. The Hall–Kier alpha value is -0.120. The van der Waals surface area contributed by atoms with Gasteiger partial charge in [0, 0.05) is 20.2 Å². The minimum Gasteiger partial charge on any atom is -0.393 e. The predicted molar refractivity (Wildman–Crippen MR) is 57.4 cm³/mol. The fraction of sp³-hybridized carbons (Fsp3) is 1.00. The van der Waals surface area contributed by atoms with Crippen LogP contribution >= 0.6 is 0 Å². The third kappa shape index (κ3) is 4.40. The van der Waals surface area contributed by atoms with Crippen LogP contribution in [0.1, 0.15) is 32.6 Å². The monoisotopic (exact) mass is 201 g/mol. The van der Waals surface area contributed by atoms with Gasteiger partial charge in [-0.05, 0) is 39.2 Å². The van der Waals surface area contributed by atoms with Gasteiger partial charge in [0.05, 0.1) is 12.2 Å². The van der Waals surface area contributed by atoms with Gasteiger partial charge in [0.25, 0.3) is 0 Å². The molecule has 0 radical (unpaired) electrons. The molecule has 0 saturated carbocycles. The van der Waals surface area contributed by atoms with Crippen LogP contribution in [0.2, 0.25) is 0 Å². The van der Waals surface area contributed by atoms with Gasteiger partial charge in [0.1, 0.15) is 0 Å². The molecular weight excluding hydrogens is 178 g/mol. The molecule has 14 heavy (non-hydrogen) atoms. The van der Waals surface area contributed by atoms with Crippen molar-refractivity contribution in [1.82, 2.24) is 4.90 Å². The zero-order valence-electron chi connectivity index (χ0n) is 9.41. The smallest absolute Gasteiger partial charge is 0.0595 e. The van der Waals surface area contributed by atoms with Gasteiger partial charge in [0.15, 0.2) is 0 Å². The molecule has 0 aromatic heterocycles. The largest absolute Gasteiger partial charge is 0.393 e. The van der Waals surface area contributed by atoms with E-state index >= 15 is 0 Å². The van der Waals surface area contributed by atoms with Crippen LogP contribution < -0.4 is 0 Å². The van der Waals surface area contributed by atoms with Gasteiger partial charge in [-0.1, -0.05) is 0 Å². The lowest BCUT2D eigenvalue weighted by molar-refractivity contribution is 0.0396. The molecule has 1 N–H and O–H groups in total. The zero-order valence-corrected chi connectivity index (χ0v) is 9.41. The number of piperidine rings is 1. The first-order valence-electron chi connectivity index (χ1n) is 5.65. The summed E-state index contributed by atoms with van der Waals surface area (Å²) in [5.41, 5.74) is 0. The van der Waals surface area contributed by atoms with Crippen molar-refractivity contribution >= 4 is 0 Å². The second kappa shape index (κ2) is 6.38. The number of rotatable bonds is 5. The summed E-state index contributed by atoms with van der Waals surface area (Å²) in [6.45, 7) is 5.29. The number of hydrogen-bond acceptors (Lipinski definition) is 3. The van der Waals surface area contributed by atoms with Gasteiger partial charge in [-0.15, -0.1) is 0 Å². The summed E-state index contributed by atoms with van der Waals surface area (Å²) < 4.78 is 5.32. The Morgan fingerprint density at radius 3 is 2.57 bits per heavy atom. The van der Waals surface area contributed by atoms with E-state index in [0.29, 0.717) is 6.10 Å². The van der Waals surface area contributed by atoms with Crippen molar-refractivity contribution in [2.24, 2.45) is 0 Å². The van der Waals surface area contributed by atoms with Crippen molar-refractivity contribution in [2.75, 3.05) is 26.7 Å². The Kier molecular flexibility index (Phi) is 5.45. The maximum Gasteiger partial charge on any atom is 0.0595 e. The van der Waals surface area contributed by atoms with E-state index in [9.17, 15) is 0 Å². The molecule has 0 amide bonds. The fourth-order valence-electron chi connectivity index (χ4n) is 1.98. The molecule has 1 saturated heterocycles.